The molecule has 0 radical (unpaired) electrons. The summed E-state index contributed by atoms with van der Waals surface area (Å²) in [5, 5.41) is 54.6. The van der Waals surface area contributed by atoms with Crippen LogP contribution in [0.5, 0.6) is 0 Å². The molecule has 0 saturated carbocycles. The number of amides is 1. The molecule has 1 heterocycles. The third-order valence-electron chi connectivity index (χ3n) is 17.9. The lowest BCUT2D eigenvalue weighted by atomic mass is 9.99. The van der Waals surface area contributed by atoms with Crippen LogP contribution in [0.2, 0.25) is 0 Å². The number of unbranched alkanes of at least 4 members (excludes halogenated alkanes) is 47. The van der Waals surface area contributed by atoms with Gasteiger partial charge in [0.15, 0.2) is 6.29 Å². The second-order valence-corrected chi connectivity index (χ2v) is 26.3. The summed E-state index contributed by atoms with van der Waals surface area (Å²) in [6.45, 7) is 4.34. The first-order valence-corrected chi connectivity index (χ1v) is 37.9. The number of aliphatic hydroxyl groups is 5. The minimum atomic E-state index is -1.57. The number of hydrogen-bond acceptors (Lipinski definition) is 10. The zero-order valence-electron chi connectivity index (χ0n) is 57.4. The normalized spacial score (nSPS) is 18.0. The molecule has 1 aliphatic heterocycles. The maximum Gasteiger partial charge on any atom is 0.305 e. The summed E-state index contributed by atoms with van der Waals surface area (Å²) < 4.78 is 16.7. The summed E-state index contributed by atoms with van der Waals surface area (Å²) in [5.74, 6) is -0.178. The van der Waals surface area contributed by atoms with Gasteiger partial charge in [0.1, 0.15) is 24.4 Å². The maximum atomic E-state index is 13.1. The summed E-state index contributed by atoms with van der Waals surface area (Å²) in [6, 6.07) is -0.809. The third-order valence-corrected chi connectivity index (χ3v) is 17.9. The Balaban J connectivity index is 1.96. The Morgan fingerprint density at radius 3 is 1.19 bits per heavy atom. The predicted molar refractivity (Wildman–Crippen MR) is 370 cm³/mol. The number of carbonyl (C=O) groups is 2. The fraction of sp³-hybridized carbons (Fsp3) is 0.870. The Bertz CT molecular complexity index is 1600. The topological polar surface area (TPSA) is 175 Å². The zero-order chi connectivity index (χ0) is 63.7. The van der Waals surface area contributed by atoms with Crippen LogP contribution in [0.25, 0.3) is 0 Å². The van der Waals surface area contributed by atoms with Crippen molar-refractivity contribution in [1.29, 1.82) is 0 Å². The lowest BCUT2D eigenvalue weighted by molar-refractivity contribution is -0.302. The number of nitrogens with one attached hydrogen (secondary N) is 1. The van der Waals surface area contributed by atoms with E-state index < -0.39 is 49.5 Å². The molecule has 0 aromatic heterocycles. The molecular weight excluding hydrogens is 1100 g/mol. The van der Waals surface area contributed by atoms with Crippen molar-refractivity contribution in [3.05, 3.63) is 48.6 Å². The molecule has 11 nitrogen and oxygen atoms in total. The molecule has 1 saturated heterocycles. The zero-order valence-corrected chi connectivity index (χ0v) is 57.4. The molecular formula is C77H143NO10. The second-order valence-electron chi connectivity index (χ2n) is 26.3. The first-order chi connectivity index (χ1) is 43.2. The number of aliphatic hydroxyl groups excluding tert-OH is 5. The highest BCUT2D eigenvalue weighted by Gasteiger charge is 2.44. The van der Waals surface area contributed by atoms with Crippen LogP contribution in [0.4, 0.5) is 0 Å². The average molecular weight is 1240 g/mol. The van der Waals surface area contributed by atoms with E-state index in [0.29, 0.717) is 19.4 Å². The van der Waals surface area contributed by atoms with Crippen molar-refractivity contribution in [2.75, 3.05) is 19.8 Å². The highest BCUT2D eigenvalue weighted by atomic mass is 16.7. The molecule has 7 unspecified atom stereocenters. The Labute approximate surface area is 542 Å². The molecule has 0 aromatic rings. The fourth-order valence-corrected chi connectivity index (χ4v) is 11.9. The quantitative estimate of drug-likeness (QED) is 0.0195. The van der Waals surface area contributed by atoms with Crippen molar-refractivity contribution < 1.29 is 49.3 Å². The van der Waals surface area contributed by atoms with Crippen molar-refractivity contribution in [2.24, 2.45) is 0 Å². The van der Waals surface area contributed by atoms with Crippen LogP contribution < -0.4 is 5.32 Å². The number of allylic oxidation sites excluding steroid dienone is 7. The van der Waals surface area contributed by atoms with Gasteiger partial charge in [0.05, 0.1) is 32.0 Å². The lowest BCUT2D eigenvalue weighted by Gasteiger charge is -2.40. The van der Waals surface area contributed by atoms with Gasteiger partial charge in [-0.05, 0) is 83.5 Å². The van der Waals surface area contributed by atoms with Gasteiger partial charge < -0.3 is 45.1 Å². The molecule has 0 bridgehead atoms. The molecule has 1 rings (SSSR count). The standard InChI is InChI=1S/C77H143NO10/c1-3-5-7-9-11-13-15-16-40-44-47-51-55-59-63-70(80)69(68-87-77-76(85)75(84)74(83)71(67-79)88-77)78-72(81)64-60-56-52-48-45-41-38-36-34-32-30-28-26-24-22-20-18-17-19-21-23-25-27-29-31-33-35-37-39-42-46-50-54-58-62-66-86-73(82)65-61-57-53-49-43-14-12-10-8-6-4-2/h10,12,19,21,25,27,59,63,69-71,74-77,79-80,83-85H,3-9,11,13-18,20,22-24,26,28-58,60-62,64-68H2,1-2H3,(H,78,81)/b12-10-,21-19-,27-25-,63-59+. The summed E-state index contributed by atoms with van der Waals surface area (Å²) in [4.78, 5) is 25.1. The van der Waals surface area contributed by atoms with Crippen molar-refractivity contribution in [3.63, 3.8) is 0 Å². The highest BCUT2D eigenvalue weighted by molar-refractivity contribution is 5.76. The second kappa shape index (κ2) is 66.1. The first kappa shape index (κ1) is 83.6. The SMILES string of the molecule is CCCC/C=C\CCCCCCCC(=O)OCCCCCCCCCCCCC/C=C\C/C=C\CCCCCCCCCCCCCCCCCCCC(=O)NC(COC1OC(CO)C(O)C(O)C1O)C(O)/C=C/CCCCCCCCCCCCCC. The Kier molecular flexibility index (Phi) is 62.8. The Morgan fingerprint density at radius 2 is 0.773 bits per heavy atom. The number of hydrogen-bond donors (Lipinski definition) is 6. The van der Waals surface area contributed by atoms with Crippen LogP contribution in [-0.4, -0.2) is 100 Å². The van der Waals surface area contributed by atoms with Gasteiger partial charge in [-0.1, -0.05) is 319 Å². The first-order valence-electron chi connectivity index (χ1n) is 37.9. The molecule has 1 amide bonds. The maximum absolute atomic E-state index is 13.1. The Hall–Kier alpha value is -2.38. The lowest BCUT2D eigenvalue weighted by Crippen LogP contribution is -2.60. The Morgan fingerprint density at radius 1 is 0.420 bits per heavy atom. The summed E-state index contributed by atoms with van der Waals surface area (Å²) in [6.07, 6.45) is 76.9. The van der Waals surface area contributed by atoms with E-state index in [0.717, 1.165) is 64.2 Å². The van der Waals surface area contributed by atoms with Gasteiger partial charge in [-0.2, -0.15) is 0 Å². The van der Waals surface area contributed by atoms with Gasteiger partial charge in [-0.15, -0.1) is 0 Å². The minimum absolute atomic E-state index is 0.000930. The van der Waals surface area contributed by atoms with E-state index in [1.807, 2.05) is 6.08 Å². The molecule has 516 valence electrons. The van der Waals surface area contributed by atoms with Crippen LogP contribution in [0, 0.1) is 0 Å². The van der Waals surface area contributed by atoms with E-state index in [2.05, 4.69) is 55.6 Å². The molecule has 1 fully saturated rings. The predicted octanol–water partition coefficient (Wildman–Crippen LogP) is 19.9. The van der Waals surface area contributed by atoms with Crippen LogP contribution in [0.15, 0.2) is 48.6 Å². The smallest absolute Gasteiger partial charge is 0.305 e. The molecule has 7 atom stereocenters. The van der Waals surface area contributed by atoms with Gasteiger partial charge in [0.25, 0.3) is 0 Å². The van der Waals surface area contributed by atoms with Gasteiger partial charge in [-0.3, -0.25) is 9.59 Å². The van der Waals surface area contributed by atoms with E-state index in [4.69, 9.17) is 14.2 Å². The largest absolute Gasteiger partial charge is 0.466 e. The van der Waals surface area contributed by atoms with Crippen LogP contribution in [-0.2, 0) is 23.8 Å². The van der Waals surface area contributed by atoms with E-state index >= 15 is 0 Å². The monoisotopic (exact) mass is 1240 g/mol. The molecule has 88 heavy (non-hydrogen) atoms. The number of rotatable bonds is 67. The van der Waals surface area contributed by atoms with Crippen LogP contribution >= 0.6 is 0 Å². The van der Waals surface area contributed by atoms with Crippen molar-refractivity contribution >= 4 is 11.9 Å². The van der Waals surface area contributed by atoms with E-state index in [1.54, 1.807) is 6.08 Å². The van der Waals surface area contributed by atoms with Crippen molar-refractivity contribution in [2.45, 2.75) is 410 Å². The molecule has 1 aliphatic rings. The van der Waals surface area contributed by atoms with Crippen LogP contribution in [0.1, 0.15) is 367 Å². The highest BCUT2D eigenvalue weighted by Crippen LogP contribution is 2.23. The molecule has 0 spiro atoms. The van der Waals surface area contributed by atoms with Gasteiger partial charge in [0.2, 0.25) is 5.91 Å². The third kappa shape index (κ3) is 54.2. The summed E-state index contributed by atoms with van der Waals surface area (Å²) in [7, 11) is 0. The van der Waals surface area contributed by atoms with Crippen molar-refractivity contribution in [1.82, 2.24) is 5.32 Å². The molecule has 0 aliphatic carbocycles. The number of ether oxygens (including phenoxy) is 3. The van der Waals surface area contributed by atoms with Gasteiger partial charge in [0, 0.05) is 12.8 Å². The molecule has 6 N–H and O–H groups in total. The molecule has 11 heteroatoms. The van der Waals surface area contributed by atoms with Gasteiger partial charge in [-0.25, -0.2) is 0 Å². The summed E-state index contributed by atoms with van der Waals surface area (Å²) >= 11 is 0. The van der Waals surface area contributed by atoms with Crippen molar-refractivity contribution in [3.8, 4) is 0 Å². The molecule has 0 aromatic carbocycles. The number of carbonyl (C=O) groups excluding carboxylic acids is 2. The van der Waals surface area contributed by atoms with E-state index in [9.17, 15) is 35.1 Å². The average Bonchev–Trinajstić information content (AvgIpc) is 3.73. The van der Waals surface area contributed by atoms with Crippen LogP contribution in [0.3, 0.4) is 0 Å². The van der Waals surface area contributed by atoms with E-state index in [-0.39, 0.29) is 18.5 Å². The van der Waals surface area contributed by atoms with Gasteiger partial charge >= 0.3 is 5.97 Å². The minimum Gasteiger partial charge on any atom is -0.466 e. The fourth-order valence-electron chi connectivity index (χ4n) is 11.9. The summed E-state index contributed by atoms with van der Waals surface area (Å²) in [5.41, 5.74) is 0. The van der Waals surface area contributed by atoms with E-state index in [1.165, 1.54) is 276 Å². The number of esters is 1.